The highest BCUT2D eigenvalue weighted by atomic mass is 16.5. The first-order chi connectivity index (χ1) is 9.65. The smallest absolute Gasteiger partial charge is 0.0598 e. The van der Waals surface area contributed by atoms with Crippen LogP contribution >= 0.6 is 0 Å². The van der Waals surface area contributed by atoms with Gasteiger partial charge in [0.15, 0.2) is 0 Å². The zero-order valence-electron chi connectivity index (χ0n) is 15.1. The van der Waals surface area contributed by atoms with E-state index in [1.54, 1.807) is 0 Å². The van der Waals surface area contributed by atoms with Crippen LogP contribution < -0.4 is 0 Å². The van der Waals surface area contributed by atoms with E-state index in [9.17, 15) is 0 Å². The highest BCUT2D eigenvalue weighted by Gasteiger charge is 2.38. The molecule has 0 bridgehead atoms. The Morgan fingerprint density at radius 1 is 0.905 bits per heavy atom. The third-order valence-electron chi connectivity index (χ3n) is 4.94. The summed E-state index contributed by atoms with van der Waals surface area (Å²) in [5.41, 5.74) is 0.356. The fraction of sp³-hybridized carbons (Fsp3) is 1.00. The van der Waals surface area contributed by atoms with Crippen LogP contribution in [0.2, 0.25) is 0 Å². The lowest BCUT2D eigenvalue weighted by atomic mass is 10.0. The van der Waals surface area contributed by atoms with Crippen LogP contribution in [-0.4, -0.2) is 60.3 Å². The predicted molar refractivity (Wildman–Crippen MR) is 89.7 cm³/mol. The molecule has 1 aliphatic heterocycles. The van der Waals surface area contributed by atoms with Gasteiger partial charge in [-0.3, -0.25) is 4.90 Å². The van der Waals surface area contributed by atoms with Crippen molar-refractivity contribution in [3.05, 3.63) is 0 Å². The second kappa shape index (κ2) is 6.55. The quantitative estimate of drug-likeness (QED) is 0.774. The average Bonchev–Trinajstić information content (AvgIpc) is 3.11. The number of ether oxygens (including phenoxy) is 1. The maximum absolute atomic E-state index is 5.91. The Bertz CT molecular complexity index is 321. The topological polar surface area (TPSA) is 15.7 Å². The van der Waals surface area contributed by atoms with E-state index in [1.807, 2.05) is 0 Å². The van der Waals surface area contributed by atoms with Crippen molar-refractivity contribution in [2.75, 3.05) is 39.3 Å². The van der Waals surface area contributed by atoms with Gasteiger partial charge < -0.3 is 9.64 Å². The first-order valence-electron chi connectivity index (χ1n) is 8.76. The van der Waals surface area contributed by atoms with Gasteiger partial charge in [-0.2, -0.15) is 0 Å². The largest absolute Gasteiger partial charge is 0.376 e. The van der Waals surface area contributed by atoms with Gasteiger partial charge in [-0.25, -0.2) is 0 Å². The first kappa shape index (κ1) is 17.2. The molecule has 1 aliphatic carbocycles. The summed E-state index contributed by atoms with van der Waals surface area (Å²) in [6, 6.07) is 0. The molecule has 2 aliphatic rings. The molecule has 21 heavy (non-hydrogen) atoms. The lowest BCUT2D eigenvalue weighted by molar-refractivity contribution is -0.0110. The fourth-order valence-electron chi connectivity index (χ4n) is 3.22. The van der Waals surface area contributed by atoms with Gasteiger partial charge in [0.25, 0.3) is 0 Å². The minimum absolute atomic E-state index is 0.0242. The highest BCUT2D eigenvalue weighted by molar-refractivity contribution is 4.88. The molecule has 1 saturated heterocycles. The lowest BCUT2D eigenvalue weighted by Crippen LogP contribution is -2.53. The Morgan fingerprint density at radius 3 is 2.05 bits per heavy atom. The summed E-state index contributed by atoms with van der Waals surface area (Å²) in [6.07, 6.45) is 2.76. The zero-order chi connectivity index (χ0) is 15.7. The minimum atomic E-state index is 0.0242. The first-order valence-corrected chi connectivity index (χ1v) is 8.76. The summed E-state index contributed by atoms with van der Waals surface area (Å²) in [7, 11) is 0. The highest BCUT2D eigenvalue weighted by Crippen LogP contribution is 2.42. The van der Waals surface area contributed by atoms with E-state index in [4.69, 9.17) is 4.74 Å². The van der Waals surface area contributed by atoms with Gasteiger partial charge in [0.05, 0.1) is 12.2 Å². The summed E-state index contributed by atoms with van der Waals surface area (Å²) in [6.45, 7) is 20.6. The summed E-state index contributed by atoms with van der Waals surface area (Å²) >= 11 is 0. The monoisotopic (exact) mass is 296 g/mol. The van der Waals surface area contributed by atoms with E-state index in [0.717, 1.165) is 18.4 Å². The van der Waals surface area contributed by atoms with Crippen LogP contribution in [0.5, 0.6) is 0 Å². The average molecular weight is 296 g/mol. The molecule has 0 amide bonds. The van der Waals surface area contributed by atoms with Gasteiger partial charge >= 0.3 is 0 Å². The van der Waals surface area contributed by atoms with Gasteiger partial charge in [-0.1, -0.05) is 0 Å². The molecule has 2 fully saturated rings. The third kappa shape index (κ3) is 5.88. The van der Waals surface area contributed by atoms with E-state index in [0.29, 0.717) is 5.54 Å². The number of hydrogen-bond donors (Lipinski definition) is 0. The lowest BCUT2D eigenvalue weighted by Gasteiger charge is -2.42. The Morgan fingerprint density at radius 2 is 1.52 bits per heavy atom. The molecule has 2 unspecified atom stereocenters. The number of rotatable bonds is 5. The molecule has 2 rings (SSSR count). The van der Waals surface area contributed by atoms with E-state index in [1.165, 1.54) is 45.6 Å². The third-order valence-corrected chi connectivity index (χ3v) is 4.94. The van der Waals surface area contributed by atoms with Crippen LogP contribution in [0.25, 0.3) is 0 Å². The van der Waals surface area contributed by atoms with Crippen molar-refractivity contribution in [1.29, 1.82) is 0 Å². The standard InChI is InChI=1S/C18H36N2O/c1-17(2,3)20-11-9-19(10-12-20)8-7-15-13-16(15)14-21-18(4,5)6/h15-16H,7-14H2,1-6H3. The molecule has 3 heteroatoms. The molecule has 0 N–H and O–H groups in total. The molecule has 1 saturated carbocycles. The number of nitrogens with zero attached hydrogens (tertiary/aromatic N) is 2. The van der Waals surface area contributed by atoms with Crippen molar-refractivity contribution in [3.63, 3.8) is 0 Å². The molecule has 3 nitrogen and oxygen atoms in total. The van der Waals surface area contributed by atoms with Crippen LogP contribution in [0.15, 0.2) is 0 Å². The molecule has 0 aromatic carbocycles. The van der Waals surface area contributed by atoms with Crippen LogP contribution in [0.3, 0.4) is 0 Å². The van der Waals surface area contributed by atoms with Crippen LogP contribution in [0.1, 0.15) is 54.4 Å². The van der Waals surface area contributed by atoms with Gasteiger partial charge in [0.2, 0.25) is 0 Å². The Kier molecular flexibility index (Phi) is 5.38. The van der Waals surface area contributed by atoms with Crippen molar-refractivity contribution in [2.24, 2.45) is 11.8 Å². The van der Waals surface area contributed by atoms with Crippen molar-refractivity contribution in [3.8, 4) is 0 Å². The van der Waals surface area contributed by atoms with E-state index >= 15 is 0 Å². The summed E-state index contributed by atoms with van der Waals surface area (Å²) in [5, 5.41) is 0. The normalized spacial score (nSPS) is 28.9. The maximum atomic E-state index is 5.91. The molecule has 0 aromatic rings. The van der Waals surface area contributed by atoms with E-state index < -0.39 is 0 Å². The molecule has 0 spiro atoms. The Balaban J connectivity index is 1.57. The second-order valence-electron chi connectivity index (χ2n) is 8.97. The van der Waals surface area contributed by atoms with E-state index in [-0.39, 0.29) is 5.60 Å². The van der Waals surface area contributed by atoms with E-state index in [2.05, 4.69) is 51.3 Å². The predicted octanol–water partition coefficient (Wildman–Crippen LogP) is 3.24. The van der Waals surface area contributed by atoms with Crippen molar-refractivity contribution < 1.29 is 4.74 Å². The fourth-order valence-corrected chi connectivity index (χ4v) is 3.22. The summed E-state index contributed by atoms with van der Waals surface area (Å²) < 4.78 is 5.91. The molecule has 0 aromatic heterocycles. The van der Waals surface area contributed by atoms with Crippen molar-refractivity contribution in [1.82, 2.24) is 9.80 Å². The Labute approximate surface area is 132 Å². The molecule has 2 atom stereocenters. The van der Waals surface area contributed by atoms with Crippen LogP contribution in [0, 0.1) is 11.8 Å². The summed E-state index contributed by atoms with van der Waals surface area (Å²) in [4.78, 5) is 5.27. The van der Waals surface area contributed by atoms with Gasteiger partial charge in [0.1, 0.15) is 0 Å². The van der Waals surface area contributed by atoms with Gasteiger partial charge in [-0.05, 0) is 72.8 Å². The molecule has 0 radical (unpaired) electrons. The summed E-state index contributed by atoms with van der Waals surface area (Å²) in [5.74, 6) is 1.76. The SMILES string of the molecule is CC(C)(C)OCC1CC1CCN1CCN(C(C)(C)C)CC1. The Hall–Kier alpha value is -0.120. The van der Waals surface area contributed by atoms with Crippen LogP contribution in [-0.2, 0) is 4.74 Å². The van der Waals surface area contributed by atoms with Crippen molar-refractivity contribution >= 4 is 0 Å². The molecular weight excluding hydrogens is 260 g/mol. The molecule has 124 valence electrons. The number of piperazine rings is 1. The minimum Gasteiger partial charge on any atom is -0.376 e. The van der Waals surface area contributed by atoms with Gasteiger partial charge in [0, 0.05) is 31.7 Å². The maximum Gasteiger partial charge on any atom is 0.0598 e. The zero-order valence-corrected chi connectivity index (χ0v) is 15.1. The molecular formula is C18H36N2O. The van der Waals surface area contributed by atoms with Gasteiger partial charge in [-0.15, -0.1) is 0 Å². The second-order valence-corrected chi connectivity index (χ2v) is 8.97. The molecule has 1 heterocycles. The van der Waals surface area contributed by atoms with Crippen molar-refractivity contribution in [2.45, 2.75) is 65.5 Å². The number of hydrogen-bond acceptors (Lipinski definition) is 3. The van der Waals surface area contributed by atoms with Crippen LogP contribution in [0.4, 0.5) is 0 Å².